The van der Waals surface area contributed by atoms with Crippen molar-refractivity contribution in [2.24, 2.45) is 0 Å². The van der Waals surface area contributed by atoms with Gasteiger partial charge < -0.3 is 19.6 Å². The Labute approximate surface area is 517 Å². The van der Waals surface area contributed by atoms with Crippen LogP contribution in [0.4, 0.5) is 68.2 Å². The first-order valence-corrected chi connectivity index (χ1v) is 32.4. The summed E-state index contributed by atoms with van der Waals surface area (Å²) in [5.41, 5.74) is 12.9. The van der Waals surface area contributed by atoms with Crippen molar-refractivity contribution in [3.8, 4) is 0 Å². The van der Waals surface area contributed by atoms with Gasteiger partial charge in [-0.05, 0) is 168 Å². The molecule has 0 N–H and O–H groups in total. The van der Waals surface area contributed by atoms with Gasteiger partial charge in [-0.25, -0.2) is 16.8 Å². The van der Waals surface area contributed by atoms with Crippen molar-refractivity contribution in [2.45, 2.75) is 58.1 Å². The maximum Gasteiger partial charge on any atom is 0.207 e. The fourth-order valence-electron chi connectivity index (χ4n) is 12.5. The summed E-state index contributed by atoms with van der Waals surface area (Å²) in [4.78, 5) is 9.76. The summed E-state index contributed by atoms with van der Waals surface area (Å²) in [6.07, 6.45) is 0. The molecule has 14 rings (SSSR count). The van der Waals surface area contributed by atoms with Crippen LogP contribution in [0, 0.1) is 0 Å². The Balaban J connectivity index is 0.000000162. The predicted molar refractivity (Wildman–Crippen MR) is 360 cm³/mol. The van der Waals surface area contributed by atoms with Crippen LogP contribution in [0.3, 0.4) is 0 Å². The minimum atomic E-state index is -3.87. The molecule has 12 aromatic rings. The number of hydrogen-bond donors (Lipinski definition) is 0. The standard InChI is InChI=1S/2C39H32N2O2S/c2*1-39(2)35-25-23-33(40(29-15-7-3-8-16-29)30-17-9-4-10-18-30)27-37(35)44(42,43)38-28-34(24-26-36(38)39)41(31-19-11-5-12-20-31)32-21-13-6-14-22-32/h2*3-28H,1-2H3. The zero-order valence-electron chi connectivity index (χ0n) is 49.3. The van der Waals surface area contributed by atoms with Crippen LogP contribution in [0.2, 0.25) is 0 Å². The minimum Gasteiger partial charge on any atom is -0.310 e. The van der Waals surface area contributed by atoms with Crippen LogP contribution in [0.25, 0.3) is 0 Å². The second-order valence-corrected chi connectivity index (χ2v) is 26.8. The maximum atomic E-state index is 14.6. The number of sulfone groups is 2. The summed E-state index contributed by atoms with van der Waals surface area (Å²) in [6, 6.07) is 104. The lowest BCUT2D eigenvalue weighted by Gasteiger charge is -2.36. The highest BCUT2D eigenvalue weighted by atomic mass is 32.2. The van der Waals surface area contributed by atoms with E-state index in [1.165, 1.54) is 0 Å². The highest BCUT2D eigenvalue weighted by molar-refractivity contribution is 7.92. The maximum absolute atomic E-state index is 14.6. The van der Waals surface area contributed by atoms with E-state index in [0.29, 0.717) is 19.6 Å². The molecular formula is C78H64N4O4S2. The molecule has 0 aromatic heterocycles. The fourth-order valence-corrected chi connectivity index (χ4v) is 16.5. The largest absolute Gasteiger partial charge is 0.310 e. The molecule has 0 bridgehead atoms. The van der Waals surface area contributed by atoms with Crippen molar-refractivity contribution in [3.05, 3.63) is 338 Å². The van der Waals surface area contributed by atoms with Gasteiger partial charge in [0, 0.05) is 79.1 Å². The molecule has 2 heterocycles. The molecule has 0 atom stereocenters. The Hall–Kier alpha value is -10.3. The molecule has 0 aliphatic carbocycles. The summed E-state index contributed by atoms with van der Waals surface area (Å²) in [6.45, 7) is 8.43. The summed E-state index contributed by atoms with van der Waals surface area (Å²) in [7, 11) is -7.73. The number of hydrogen-bond acceptors (Lipinski definition) is 8. The van der Waals surface area contributed by atoms with Crippen LogP contribution >= 0.6 is 0 Å². The molecule has 0 spiro atoms. The van der Waals surface area contributed by atoms with Crippen LogP contribution < -0.4 is 19.6 Å². The summed E-state index contributed by atoms with van der Waals surface area (Å²) in [5, 5.41) is 0. The van der Waals surface area contributed by atoms with Crippen LogP contribution in [0.1, 0.15) is 49.9 Å². The summed E-state index contributed by atoms with van der Waals surface area (Å²) in [5.74, 6) is 0. The third kappa shape index (κ3) is 10.4. The van der Waals surface area contributed by atoms with E-state index in [2.05, 4.69) is 47.3 Å². The van der Waals surface area contributed by atoms with E-state index in [1.54, 1.807) is 0 Å². The monoisotopic (exact) mass is 1180 g/mol. The number of anilines is 12. The predicted octanol–water partition coefficient (Wildman–Crippen LogP) is 20.2. The van der Waals surface area contributed by atoms with Crippen molar-refractivity contribution >= 4 is 87.9 Å². The van der Waals surface area contributed by atoms with E-state index in [4.69, 9.17) is 0 Å². The van der Waals surface area contributed by atoms with Gasteiger partial charge in [0.25, 0.3) is 0 Å². The molecule has 0 saturated carbocycles. The highest BCUT2D eigenvalue weighted by Crippen LogP contribution is 2.52. The van der Waals surface area contributed by atoms with Crippen LogP contribution in [-0.2, 0) is 30.5 Å². The summed E-state index contributed by atoms with van der Waals surface area (Å²) >= 11 is 0. The summed E-state index contributed by atoms with van der Waals surface area (Å²) < 4.78 is 58.6. The number of benzene rings is 12. The van der Waals surface area contributed by atoms with Gasteiger partial charge in [0.05, 0.1) is 19.6 Å². The second-order valence-electron chi connectivity index (χ2n) is 23.0. The van der Waals surface area contributed by atoms with Crippen molar-refractivity contribution in [2.75, 3.05) is 19.6 Å². The Kier molecular flexibility index (Phi) is 15.0. The molecule has 0 fully saturated rings. The van der Waals surface area contributed by atoms with Gasteiger partial charge >= 0.3 is 0 Å². The molecule has 0 radical (unpaired) electrons. The zero-order valence-corrected chi connectivity index (χ0v) is 50.9. The molecule has 2 aliphatic rings. The molecular weight excluding hydrogens is 1120 g/mol. The lowest BCUT2D eigenvalue weighted by molar-refractivity contribution is 0.555. The first-order chi connectivity index (χ1) is 42.7. The van der Waals surface area contributed by atoms with E-state index in [1.807, 2.05) is 315 Å². The molecule has 10 heteroatoms. The van der Waals surface area contributed by atoms with Crippen molar-refractivity contribution in [1.29, 1.82) is 0 Å². The normalized spacial score (nSPS) is 14.2. The molecule has 0 amide bonds. The van der Waals surface area contributed by atoms with E-state index in [0.717, 1.165) is 90.5 Å². The quantitative estimate of drug-likeness (QED) is 0.120. The Morgan fingerprint density at radius 1 is 0.205 bits per heavy atom. The van der Waals surface area contributed by atoms with Gasteiger partial charge in [-0.2, -0.15) is 0 Å². The number of para-hydroxylation sites is 8. The average Bonchev–Trinajstić information content (AvgIpc) is 0.782. The number of rotatable bonds is 12. The zero-order chi connectivity index (χ0) is 60.6. The molecule has 432 valence electrons. The lowest BCUT2D eigenvalue weighted by atomic mass is 9.77. The Morgan fingerprint density at radius 2 is 0.352 bits per heavy atom. The number of nitrogens with zero attached hydrogens (tertiary/aromatic N) is 4. The van der Waals surface area contributed by atoms with Gasteiger partial charge in [0.1, 0.15) is 0 Å². The first kappa shape index (κ1) is 56.8. The van der Waals surface area contributed by atoms with E-state index < -0.39 is 30.5 Å². The molecule has 8 nitrogen and oxygen atoms in total. The van der Waals surface area contributed by atoms with Gasteiger partial charge in [-0.1, -0.05) is 198 Å². The van der Waals surface area contributed by atoms with Gasteiger partial charge in [0.15, 0.2) is 0 Å². The van der Waals surface area contributed by atoms with Crippen molar-refractivity contribution in [1.82, 2.24) is 0 Å². The molecule has 88 heavy (non-hydrogen) atoms. The second kappa shape index (κ2) is 23.2. The topological polar surface area (TPSA) is 81.2 Å². The molecule has 0 saturated heterocycles. The van der Waals surface area contributed by atoms with E-state index >= 15 is 0 Å². The van der Waals surface area contributed by atoms with Crippen molar-refractivity contribution in [3.63, 3.8) is 0 Å². The van der Waals surface area contributed by atoms with Gasteiger partial charge in [-0.15, -0.1) is 0 Å². The third-order valence-electron chi connectivity index (χ3n) is 16.9. The fraction of sp³-hybridized carbons (Fsp3) is 0.0769. The Bertz CT molecular complexity index is 3950. The van der Waals surface area contributed by atoms with E-state index in [-0.39, 0.29) is 0 Å². The minimum absolute atomic E-state index is 0.340. The molecule has 0 unspecified atom stereocenters. The highest BCUT2D eigenvalue weighted by Gasteiger charge is 2.43. The SMILES string of the molecule is CC1(C)c2ccc(N(c3ccccc3)c3ccccc3)cc2S(=O)(=O)c2cc(N(c3ccccc3)c3ccccc3)ccc21.CC1(C)c2ccc(N(c3ccccc3)c3ccccc3)cc2S(=O)(=O)c2cc(N(c3ccccc3)c3ccccc3)ccc21. The smallest absolute Gasteiger partial charge is 0.207 e. The average molecular weight is 1190 g/mol. The number of fused-ring (bicyclic) bond motifs is 4. The van der Waals surface area contributed by atoms with Crippen LogP contribution in [0.15, 0.2) is 335 Å². The molecule has 12 aromatic carbocycles. The molecule has 2 aliphatic heterocycles. The Morgan fingerprint density at radius 3 is 0.500 bits per heavy atom. The van der Waals surface area contributed by atoms with Crippen molar-refractivity contribution < 1.29 is 16.8 Å². The first-order valence-electron chi connectivity index (χ1n) is 29.4. The van der Waals surface area contributed by atoms with Crippen LogP contribution in [0.5, 0.6) is 0 Å². The van der Waals surface area contributed by atoms with Crippen LogP contribution in [-0.4, -0.2) is 16.8 Å². The lowest BCUT2D eigenvalue weighted by Crippen LogP contribution is -2.30. The van der Waals surface area contributed by atoms with Gasteiger partial charge in [-0.3, -0.25) is 0 Å². The van der Waals surface area contributed by atoms with Gasteiger partial charge in [0.2, 0.25) is 19.7 Å². The van der Waals surface area contributed by atoms with E-state index in [9.17, 15) is 16.8 Å². The third-order valence-corrected chi connectivity index (χ3v) is 20.5.